The van der Waals surface area contributed by atoms with Gasteiger partial charge in [-0.3, -0.25) is 4.79 Å². The van der Waals surface area contributed by atoms with Crippen LogP contribution >= 0.6 is 11.6 Å². The average Bonchev–Trinajstić information content (AvgIpc) is 3.29. The van der Waals surface area contributed by atoms with Gasteiger partial charge in [-0.2, -0.15) is 5.10 Å². The lowest BCUT2D eigenvalue weighted by Crippen LogP contribution is -2.27. The normalized spacial score (nSPS) is 12.4. The van der Waals surface area contributed by atoms with Gasteiger partial charge in [0.1, 0.15) is 10.9 Å². The minimum atomic E-state index is -0.158. The van der Waals surface area contributed by atoms with Crippen LogP contribution < -0.4 is 0 Å². The number of nitrogens with zero attached hydrogens (tertiary/aromatic N) is 3. The molecule has 0 fully saturated rings. The first-order valence-electron chi connectivity index (χ1n) is 8.72. The molecule has 0 saturated carbocycles. The number of rotatable bonds is 6. The van der Waals surface area contributed by atoms with Crippen LogP contribution in [0.5, 0.6) is 0 Å². The molecule has 2 aromatic heterocycles. The van der Waals surface area contributed by atoms with Crippen LogP contribution in [0.3, 0.4) is 0 Å². The quantitative estimate of drug-likeness (QED) is 0.579. The van der Waals surface area contributed by atoms with Gasteiger partial charge in [-0.25, -0.2) is 4.68 Å². The topological polar surface area (TPSA) is 51.3 Å². The molecule has 1 unspecified atom stereocenters. The second-order valence-corrected chi connectivity index (χ2v) is 6.77. The van der Waals surface area contributed by atoms with Crippen molar-refractivity contribution >= 4 is 23.6 Å². The van der Waals surface area contributed by atoms with Crippen LogP contribution in [0.1, 0.15) is 35.5 Å². The molecule has 0 aliphatic rings. The van der Waals surface area contributed by atoms with Gasteiger partial charge in [0.15, 0.2) is 0 Å². The van der Waals surface area contributed by atoms with Crippen molar-refractivity contribution in [3.63, 3.8) is 0 Å². The van der Waals surface area contributed by atoms with Crippen LogP contribution in [0, 0.1) is 6.92 Å². The second-order valence-electron chi connectivity index (χ2n) is 6.41. The summed E-state index contributed by atoms with van der Waals surface area (Å²) in [7, 11) is 1.74. The van der Waals surface area contributed by atoms with Crippen molar-refractivity contribution in [2.75, 3.05) is 7.05 Å². The van der Waals surface area contributed by atoms with Crippen molar-refractivity contribution in [1.29, 1.82) is 0 Å². The maximum Gasteiger partial charge on any atom is 0.246 e. The first-order valence-corrected chi connectivity index (χ1v) is 9.10. The standard InChI is InChI=1S/C21H22ClN3O2/c1-15-18(21(22)25(23-15)14-17-8-5-4-6-9-17)11-12-20(26)24(3)16(2)19-10-7-13-27-19/h4-13,16H,14H2,1-3H3/b12-11+. The summed E-state index contributed by atoms with van der Waals surface area (Å²) in [5.41, 5.74) is 2.64. The summed E-state index contributed by atoms with van der Waals surface area (Å²) in [6, 6.07) is 13.5. The molecular formula is C21H22ClN3O2. The van der Waals surface area contributed by atoms with Gasteiger partial charge >= 0.3 is 0 Å². The Balaban J connectivity index is 1.74. The van der Waals surface area contributed by atoms with Gasteiger partial charge in [0.2, 0.25) is 5.91 Å². The second kappa shape index (κ2) is 8.27. The van der Waals surface area contributed by atoms with Crippen LogP contribution in [-0.2, 0) is 11.3 Å². The molecule has 1 atom stereocenters. The van der Waals surface area contributed by atoms with E-state index in [1.54, 1.807) is 29.0 Å². The highest BCUT2D eigenvalue weighted by Gasteiger charge is 2.18. The Kier molecular flexibility index (Phi) is 5.81. The fourth-order valence-corrected chi connectivity index (χ4v) is 3.10. The summed E-state index contributed by atoms with van der Waals surface area (Å²) in [4.78, 5) is 14.1. The number of hydrogen-bond acceptors (Lipinski definition) is 3. The van der Waals surface area contributed by atoms with Crippen molar-refractivity contribution < 1.29 is 9.21 Å². The zero-order valence-corrected chi connectivity index (χ0v) is 16.3. The molecule has 0 aliphatic carbocycles. The molecule has 140 valence electrons. The van der Waals surface area contributed by atoms with Gasteiger partial charge in [-0.05, 0) is 37.6 Å². The van der Waals surface area contributed by atoms with E-state index in [4.69, 9.17) is 16.0 Å². The average molecular weight is 384 g/mol. The molecule has 0 spiro atoms. The number of benzene rings is 1. The SMILES string of the molecule is Cc1nn(Cc2ccccc2)c(Cl)c1/C=C/C(=O)N(C)C(C)c1ccco1. The van der Waals surface area contributed by atoms with Gasteiger partial charge in [0.05, 0.1) is 24.5 Å². The highest BCUT2D eigenvalue weighted by molar-refractivity contribution is 6.31. The Morgan fingerprint density at radius 2 is 2.04 bits per heavy atom. The monoisotopic (exact) mass is 383 g/mol. The fraction of sp³-hybridized carbons (Fsp3) is 0.238. The molecule has 0 saturated heterocycles. The van der Waals surface area contributed by atoms with E-state index in [9.17, 15) is 4.79 Å². The molecule has 27 heavy (non-hydrogen) atoms. The summed E-state index contributed by atoms with van der Waals surface area (Å²) < 4.78 is 7.12. The lowest BCUT2D eigenvalue weighted by atomic mass is 10.2. The Morgan fingerprint density at radius 1 is 1.30 bits per heavy atom. The van der Waals surface area contributed by atoms with E-state index < -0.39 is 0 Å². The summed E-state index contributed by atoms with van der Waals surface area (Å²) in [6.07, 6.45) is 4.84. The number of aromatic nitrogens is 2. The van der Waals surface area contributed by atoms with E-state index >= 15 is 0 Å². The molecule has 1 aromatic carbocycles. The molecule has 3 rings (SSSR count). The van der Waals surface area contributed by atoms with Gasteiger partial charge in [0, 0.05) is 18.7 Å². The number of carbonyl (C=O) groups is 1. The zero-order chi connectivity index (χ0) is 19.4. The molecule has 2 heterocycles. The van der Waals surface area contributed by atoms with Crippen LogP contribution in [0.4, 0.5) is 0 Å². The largest absolute Gasteiger partial charge is 0.467 e. The van der Waals surface area contributed by atoms with Crippen LogP contribution in [0.2, 0.25) is 5.15 Å². The molecular weight excluding hydrogens is 362 g/mol. The molecule has 3 aromatic rings. The number of carbonyl (C=O) groups excluding carboxylic acids is 1. The van der Waals surface area contributed by atoms with Crippen LogP contribution in [0.25, 0.3) is 6.08 Å². The number of amides is 1. The van der Waals surface area contributed by atoms with Gasteiger partial charge in [-0.15, -0.1) is 0 Å². The maximum atomic E-state index is 12.5. The number of likely N-dealkylation sites (N-methyl/N-ethyl adjacent to an activating group) is 1. The lowest BCUT2D eigenvalue weighted by Gasteiger charge is -2.21. The minimum Gasteiger partial charge on any atom is -0.467 e. The molecule has 0 bridgehead atoms. The van der Waals surface area contributed by atoms with Crippen molar-refractivity contribution in [1.82, 2.24) is 14.7 Å². The summed E-state index contributed by atoms with van der Waals surface area (Å²) in [6.45, 7) is 4.38. The van der Waals surface area contributed by atoms with Crippen molar-refractivity contribution in [3.05, 3.63) is 82.5 Å². The molecule has 0 radical (unpaired) electrons. The third-order valence-corrected chi connectivity index (χ3v) is 4.96. The smallest absolute Gasteiger partial charge is 0.246 e. The molecule has 1 amide bonds. The van der Waals surface area contributed by atoms with Crippen LogP contribution in [0.15, 0.2) is 59.2 Å². The molecule has 0 aliphatic heterocycles. The maximum absolute atomic E-state index is 12.5. The van der Waals surface area contributed by atoms with Gasteiger partial charge in [0.25, 0.3) is 0 Å². The molecule has 6 heteroatoms. The highest BCUT2D eigenvalue weighted by Crippen LogP contribution is 2.23. The molecule has 5 nitrogen and oxygen atoms in total. The lowest BCUT2D eigenvalue weighted by molar-refractivity contribution is -0.126. The highest BCUT2D eigenvalue weighted by atomic mass is 35.5. The predicted molar refractivity (Wildman–Crippen MR) is 106 cm³/mol. The Labute approximate surface area is 163 Å². The van der Waals surface area contributed by atoms with E-state index in [2.05, 4.69) is 5.10 Å². The van der Waals surface area contributed by atoms with Crippen molar-refractivity contribution in [3.8, 4) is 0 Å². The Hall–Kier alpha value is -2.79. The zero-order valence-electron chi connectivity index (χ0n) is 15.6. The first-order chi connectivity index (χ1) is 13.0. The van der Waals surface area contributed by atoms with Gasteiger partial charge in [-0.1, -0.05) is 41.9 Å². The number of hydrogen-bond donors (Lipinski definition) is 0. The number of furan rings is 1. The third-order valence-electron chi connectivity index (χ3n) is 4.56. The Morgan fingerprint density at radius 3 is 2.70 bits per heavy atom. The van der Waals surface area contributed by atoms with Crippen LogP contribution in [-0.4, -0.2) is 27.6 Å². The molecule has 0 N–H and O–H groups in total. The third kappa shape index (κ3) is 4.31. The fourth-order valence-electron chi connectivity index (χ4n) is 2.80. The predicted octanol–water partition coefficient (Wildman–Crippen LogP) is 4.72. The van der Waals surface area contributed by atoms with Crippen molar-refractivity contribution in [2.24, 2.45) is 0 Å². The number of halogens is 1. The van der Waals surface area contributed by atoms with E-state index in [1.807, 2.05) is 56.3 Å². The summed E-state index contributed by atoms with van der Waals surface area (Å²) >= 11 is 6.50. The van der Waals surface area contributed by atoms with Crippen molar-refractivity contribution in [2.45, 2.75) is 26.4 Å². The van der Waals surface area contributed by atoms with E-state index in [-0.39, 0.29) is 11.9 Å². The minimum absolute atomic E-state index is 0.134. The van der Waals surface area contributed by atoms with E-state index in [0.717, 1.165) is 22.6 Å². The van der Waals surface area contributed by atoms with Gasteiger partial charge < -0.3 is 9.32 Å². The van der Waals surface area contributed by atoms with E-state index in [0.29, 0.717) is 11.7 Å². The first kappa shape index (κ1) is 19.0. The summed E-state index contributed by atoms with van der Waals surface area (Å²) in [5.74, 6) is 0.606. The van der Waals surface area contributed by atoms with E-state index in [1.165, 1.54) is 6.08 Å². The number of aryl methyl sites for hydroxylation is 1. The summed E-state index contributed by atoms with van der Waals surface area (Å²) in [5, 5.41) is 5.01. The Bertz CT molecular complexity index is 930.